The van der Waals surface area contributed by atoms with Crippen LogP contribution in [0.15, 0.2) is 24.3 Å². The maximum absolute atomic E-state index is 11.9. The molecule has 4 N–H and O–H groups in total. The van der Waals surface area contributed by atoms with E-state index in [9.17, 15) is 13.2 Å². The third-order valence-corrected chi connectivity index (χ3v) is 4.70. The number of halogens is 1. The van der Waals surface area contributed by atoms with Gasteiger partial charge in [0.1, 0.15) is 6.04 Å². The standard InChI is InChI=1S/C13H19BrN2O4S/c14-6-1-2-7-21(19,20)16-11-5-3-4-10(8-11)9-12(15)13(17)18/h3-5,8,12,16H,1-2,6-7,9,15H2,(H,17,18)/t12-/m0/s1. The van der Waals surface area contributed by atoms with Crippen molar-refractivity contribution in [3.05, 3.63) is 29.8 Å². The van der Waals surface area contributed by atoms with E-state index in [0.717, 1.165) is 11.8 Å². The van der Waals surface area contributed by atoms with Crippen molar-refractivity contribution < 1.29 is 18.3 Å². The molecule has 1 rings (SSSR count). The van der Waals surface area contributed by atoms with Crippen LogP contribution >= 0.6 is 15.9 Å². The summed E-state index contributed by atoms with van der Waals surface area (Å²) in [7, 11) is -3.39. The quantitative estimate of drug-likeness (QED) is 0.446. The second kappa shape index (κ2) is 8.35. The number of carboxylic acid groups (broad SMARTS) is 1. The molecule has 6 nitrogen and oxygen atoms in total. The van der Waals surface area contributed by atoms with E-state index in [2.05, 4.69) is 20.7 Å². The minimum Gasteiger partial charge on any atom is -0.480 e. The van der Waals surface area contributed by atoms with Crippen molar-refractivity contribution in [3.63, 3.8) is 0 Å². The lowest BCUT2D eigenvalue weighted by molar-refractivity contribution is -0.138. The van der Waals surface area contributed by atoms with Crippen molar-refractivity contribution in [2.75, 3.05) is 15.8 Å². The largest absolute Gasteiger partial charge is 0.480 e. The van der Waals surface area contributed by atoms with Gasteiger partial charge in [-0.1, -0.05) is 28.1 Å². The van der Waals surface area contributed by atoms with Crippen LogP contribution in [-0.4, -0.2) is 36.6 Å². The summed E-state index contributed by atoms with van der Waals surface area (Å²) in [5, 5.41) is 9.55. The molecule has 0 amide bonds. The highest BCUT2D eigenvalue weighted by atomic mass is 79.9. The van der Waals surface area contributed by atoms with Crippen LogP contribution in [0.25, 0.3) is 0 Å². The van der Waals surface area contributed by atoms with Gasteiger partial charge in [-0.3, -0.25) is 9.52 Å². The predicted molar refractivity (Wildman–Crippen MR) is 86.2 cm³/mol. The van der Waals surface area contributed by atoms with Gasteiger partial charge in [-0.15, -0.1) is 0 Å². The average molecular weight is 379 g/mol. The summed E-state index contributed by atoms with van der Waals surface area (Å²) < 4.78 is 26.2. The van der Waals surface area contributed by atoms with Crippen LogP contribution in [0.3, 0.4) is 0 Å². The Bertz CT molecular complexity index is 577. The Labute approximate surface area is 132 Å². The van der Waals surface area contributed by atoms with Crippen LogP contribution in [0.2, 0.25) is 0 Å². The first-order valence-corrected chi connectivity index (χ1v) is 9.25. The van der Waals surface area contributed by atoms with Gasteiger partial charge in [-0.05, 0) is 37.0 Å². The third kappa shape index (κ3) is 6.92. The number of nitrogens with one attached hydrogen (secondary N) is 1. The zero-order chi connectivity index (χ0) is 15.9. The fraction of sp³-hybridized carbons (Fsp3) is 0.462. The van der Waals surface area contributed by atoms with Gasteiger partial charge in [0.2, 0.25) is 10.0 Å². The topological polar surface area (TPSA) is 109 Å². The first kappa shape index (κ1) is 17.9. The maximum atomic E-state index is 11.9. The number of carbonyl (C=O) groups is 1. The average Bonchev–Trinajstić information content (AvgIpc) is 2.38. The molecule has 0 saturated carbocycles. The summed E-state index contributed by atoms with van der Waals surface area (Å²) in [6.45, 7) is 0. The van der Waals surface area contributed by atoms with E-state index in [1.165, 1.54) is 0 Å². The van der Waals surface area contributed by atoms with Crippen LogP contribution in [0, 0.1) is 0 Å². The fourth-order valence-electron chi connectivity index (χ4n) is 1.72. The Morgan fingerprint density at radius 2 is 2.10 bits per heavy atom. The van der Waals surface area contributed by atoms with E-state index in [1.807, 2.05) is 0 Å². The first-order valence-electron chi connectivity index (χ1n) is 6.48. The second-order valence-electron chi connectivity index (χ2n) is 4.67. The lowest BCUT2D eigenvalue weighted by Crippen LogP contribution is -2.32. The zero-order valence-electron chi connectivity index (χ0n) is 11.5. The number of sulfonamides is 1. The highest BCUT2D eigenvalue weighted by Crippen LogP contribution is 2.14. The molecule has 0 radical (unpaired) electrons. The summed E-state index contributed by atoms with van der Waals surface area (Å²) in [4.78, 5) is 10.7. The number of unbranched alkanes of at least 4 members (excludes halogenated alkanes) is 1. The monoisotopic (exact) mass is 378 g/mol. The molecule has 1 aromatic carbocycles. The number of hydrogen-bond acceptors (Lipinski definition) is 4. The highest BCUT2D eigenvalue weighted by Gasteiger charge is 2.14. The molecule has 0 heterocycles. The number of alkyl halides is 1. The minimum atomic E-state index is -3.39. The lowest BCUT2D eigenvalue weighted by Gasteiger charge is -2.10. The Morgan fingerprint density at radius 3 is 2.71 bits per heavy atom. The van der Waals surface area contributed by atoms with Crippen molar-refractivity contribution in [1.82, 2.24) is 0 Å². The number of carboxylic acids is 1. The van der Waals surface area contributed by atoms with Crippen LogP contribution in [0.4, 0.5) is 5.69 Å². The van der Waals surface area contributed by atoms with Crippen LogP contribution in [0.1, 0.15) is 18.4 Å². The molecule has 0 aliphatic carbocycles. The first-order chi connectivity index (χ1) is 9.84. The van der Waals surface area contributed by atoms with Crippen LogP contribution in [-0.2, 0) is 21.2 Å². The molecule has 0 aliphatic heterocycles. The molecule has 8 heteroatoms. The highest BCUT2D eigenvalue weighted by molar-refractivity contribution is 9.09. The summed E-state index contributed by atoms with van der Waals surface area (Å²) in [6.07, 6.45) is 1.51. The van der Waals surface area contributed by atoms with Gasteiger partial charge < -0.3 is 10.8 Å². The molecule has 0 saturated heterocycles. The number of benzene rings is 1. The van der Waals surface area contributed by atoms with Crippen LogP contribution in [0.5, 0.6) is 0 Å². The van der Waals surface area contributed by atoms with Crippen molar-refractivity contribution >= 4 is 37.6 Å². The van der Waals surface area contributed by atoms with Crippen molar-refractivity contribution in [2.45, 2.75) is 25.3 Å². The zero-order valence-corrected chi connectivity index (χ0v) is 13.9. The molecule has 0 aromatic heterocycles. The molecule has 0 fully saturated rings. The van der Waals surface area contributed by atoms with Crippen molar-refractivity contribution in [3.8, 4) is 0 Å². The van der Waals surface area contributed by atoms with Crippen molar-refractivity contribution in [1.29, 1.82) is 0 Å². The van der Waals surface area contributed by atoms with Crippen LogP contribution < -0.4 is 10.5 Å². The number of hydrogen-bond donors (Lipinski definition) is 3. The summed E-state index contributed by atoms with van der Waals surface area (Å²) in [5.41, 5.74) is 6.56. The van der Waals surface area contributed by atoms with Crippen molar-refractivity contribution in [2.24, 2.45) is 5.73 Å². The van der Waals surface area contributed by atoms with E-state index < -0.39 is 22.0 Å². The van der Waals surface area contributed by atoms with Gasteiger partial charge in [0.25, 0.3) is 0 Å². The third-order valence-electron chi connectivity index (χ3n) is 2.77. The number of anilines is 1. The van der Waals surface area contributed by atoms with E-state index in [4.69, 9.17) is 10.8 Å². The molecular weight excluding hydrogens is 360 g/mol. The molecular formula is C13H19BrN2O4S. The Kier molecular flexibility index (Phi) is 7.13. The second-order valence-corrected chi connectivity index (χ2v) is 7.30. The van der Waals surface area contributed by atoms with E-state index >= 15 is 0 Å². The molecule has 21 heavy (non-hydrogen) atoms. The fourth-order valence-corrected chi connectivity index (χ4v) is 3.29. The predicted octanol–water partition coefficient (Wildman–Crippen LogP) is 1.56. The molecule has 0 aliphatic rings. The van der Waals surface area contributed by atoms with Gasteiger partial charge in [-0.2, -0.15) is 0 Å². The SMILES string of the molecule is N[C@@H](Cc1cccc(NS(=O)(=O)CCCCBr)c1)C(=O)O. The minimum absolute atomic E-state index is 0.0530. The van der Waals surface area contributed by atoms with Gasteiger partial charge in [0.15, 0.2) is 0 Å². The Morgan fingerprint density at radius 1 is 1.38 bits per heavy atom. The number of nitrogens with two attached hydrogens (primary N) is 1. The smallest absolute Gasteiger partial charge is 0.320 e. The normalized spacial score (nSPS) is 12.9. The van der Waals surface area contributed by atoms with Gasteiger partial charge in [0.05, 0.1) is 5.75 Å². The Hall–Kier alpha value is -1.12. The molecule has 0 spiro atoms. The molecule has 1 aromatic rings. The Balaban J connectivity index is 2.70. The van der Waals surface area contributed by atoms with Gasteiger partial charge in [0, 0.05) is 11.0 Å². The number of rotatable bonds is 9. The lowest BCUT2D eigenvalue weighted by atomic mass is 10.1. The summed E-state index contributed by atoms with van der Waals surface area (Å²) in [6, 6.07) is 5.60. The van der Waals surface area contributed by atoms with E-state index in [-0.39, 0.29) is 12.2 Å². The molecule has 118 valence electrons. The molecule has 0 unspecified atom stereocenters. The number of aliphatic carboxylic acids is 1. The van der Waals surface area contributed by atoms with E-state index in [0.29, 0.717) is 17.7 Å². The van der Waals surface area contributed by atoms with Gasteiger partial charge >= 0.3 is 5.97 Å². The summed E-state index contributed by atoms with van der Waals surface area (Å²) >= 11 is 3.25. The summed E-state index contributed by atoms with van der Waals surface area (Å²) in [5.74, 6) is -1.03. The molecule has 1 atom stereocenters. The van der Waals surface area contributed by atoms with Gasteiger partial charge in [-0.25, -0.2) is 8.42 Å². The molecule has 0 bridgehead atoms. The van der Waals surface area contributed by atoms with E-state index in [1.54, 1.807) is 24.3 Å². The maximum Gasteiger partial charge on any atom is 0.320 e.